The molecule has 3 N–H and O–H groups in total. The number of thiophene rings is 1. The predicted octanol–water partition coefficient (Wildman–Crippen LogP) is 4.01. The summed E-state index contributed by atoms with van der Waals surface area (Å²) in [6.45, 7) is -0.144. The highest BCUT2D eigenvalue weighted by molar-refractivity contribution is 7.10. The fourth-order valence-corrected chi connectivity index (χ4v) is 4.60. The first-order valence-corrected chi connectivity index (χ1v) is 11.0. The van der Waals surface area contributed by atoms with Gasteiger partial charge in [-0.2, -0.15) is 0 Å². The lowest BCUT2D eigenvalue weighted by molar-refractivity contribution is -0.123. The number of carbonyl (C=O) groups is 2. The summed E-state index contributed by atoms with van der Waals surface area (Å²) in [5, 5.41) is 5.12. The summed E-state index contributed by atoms with van der Waals surface area (Å²) in [4.78, 5) is 25.1. The van der Waals surface area contributed by atoms with Gasteiger partial charge in [-0.3, -0.25) is 9.59 Å². The van der Waals surface area contributed by atoms with Crippen LogP contribution in [0.25, 0.3) is 0 Å². The first kappa shape index (κ1) is 20.2. The van der Waals surface area contributed by atoms with Gasteiger partial charge in [-0.1, -0.05) is 30.3 Å². The van der Waals surface area contributed by atoms with Crippen LogP contribution in [0.2, 0.25) is 0 Å². The number of nitrogens with two attached hydrogens (primary N) is 1. The lowest BCUT2D eigenvalue weighted by atomic mass is 9.89. The molecule has 154 valence electrons. The summed E-state index contributed by atoms with van der Waals surface area (Å²) < 4.78 is 5.59. The summed E-state index contributed by atoms with van der Waals surface area (Å²) in [7, 11) is 0. The van der Waals surface area contributed by atoms with Gasteiger partial charge in [0.05, 0.1) is 6.04 Å². The number of primary amides is 1. The molecular weight excluding hydrogens is 396 g/mol. The third-order valence-corrected chi connectivity index (χ3v) is 6.26. The average molecular weight is 421 g/mol. The van der Waals surface area contributed by atoms with Crippen molar-refractivity contribution in [1.29, 1.82) is 0 Å². The van der Waals surface area contributed by atoms with Gasteiger partial charge < -0.3 is 15.8 Å². The molecule has 6 heteroatoms. The number of aryl methyl sites for hydroxylation is 2. The van der Waals surface area contributed by atoms with Gasteiger partial charge in [-0.05, 0) is 72.0 Å². The summed E-state index contributed by atoms with van der Waals surface area (Å²) in [5.41, 5.74) is 9.53. The Hall–Kier alpha value is -3.12. The molecule has 1 aliphatic rings. The molecular formula is C24H24N2O3S. The second-order valence-electron chi connectivity index (χ2n) is 7.43. The van der Waals surface area contributed by atoms with Crippen molar-refractivity contribution in [3.63, 3.8) is 0 Å². The van der Waals surface area contributed by atoms with Crippen molar-refractivity contribution >= 4 is 23.2 Å². The largest absolute Gasteiger partial charge is 0.484 e. The fraction of sp³-hybridized carbons (Fsp3) is 0.250. The Morgan fingerprint density at radius 3 is 2.63 bits per heavy atom. The first-order chi connectivity index (χ1) is 14.6. The number of nitrogens with one attached hydrogen (secondary N) is 1. The smallest absolute Gasteiger partial charge is 0.258 e. The summed E-state index contributed by atoms with van der Waals surface area (Å²) in [6, 6.07) is 16.9. The standard InChI is InChI=1S/C24H24N2O3S/c25-24(28)19-7-3-8-20(14-19)29-15-22(27)26-23(21-9-4-12-30-21)18-11-10-16-5-1-2-6-17(16)13-18/h3-4,7-14,23H,1-2,5-6,15H2,(H2,25,28)(H,26,27). The minimum Gasteiger partial charge on any atom is -0.484 e. The first-order valence-electron chi connectivity index (χ1n) is 10.1. The quantitative estimate of drug-likeness (QED) is 0.606. The van der Waals surface area contributed by atoms with Gasteiger partial charge in [0.1, 0.15) is 5.75 Å². The number of carbonyl (C=O) groups excluding carboxylic acids is 2. The van der Waals surface area contributed by atoms with E-state index in [1.807, 2.05) is 17.5 Å². The maximum absolute atomic E-state index is 12.7. The van der Waals surface area contributed by atoms with Crippen LogP contribution in [-0.2, 0) is 17.6 Å². The Morgan fingerprint density at radius 1 is 1.03 bits per heavy atom. The number of benzene rings is 2. The molecule has 0 radical (unpaired) electrons. The Balaban J connectivity index is 1.48. The minimum absolute atomic E-state index is 0.144. The second-order valence-corrected chi connectivity index (χ2v) is 8.41. The monoisotopic (exact) mass is 420 g/mol. The molecule has 0 saturated heterocycles. The second kappa shape index (κ2) is 9.13. The molecule has 0 aliphatic heterocycles. The SMILES string of the molecule is NC(=O)c1cccc(OCC(=O)NC(c2ccc3c(c2)CCCC3)c2cccs2)c1. The highest BCUT2D eigenvalue weighted by Crippen LogP contribution is 2.30. The van der Waals surface area contributed by atoms with Gasteiger partial charge >= 0.3 is 0 Å². The maximum Gasteiger partial charge on any atom is 0.258 e. The Kier molecular flexibility index (Phi) is 6.14. The third-order valence-electron chi connectivity index (χ3n) is 5.33. The summed E-state index contributed by atoms with van der Waals surface area (Å²) in [6.07, 6.45) is 4.67. The van der Waals surface area contributed by atoms with Crippen LogP contribution in [0, 0.1) is 0 Å². The molecule has 1 atom stereocenters. The molecule has 0 spiro atoms. The fourth-order valence-electron chi connectivity index (χ4n) is 3.80. The van der Waals surface area contributed by atoms with Crippen molar-refractivity contribution in [2.75, 3.05) is 6.61 Å². The van der Waals surface area contributed by atoms with Gasteiger partial charge in [0, 0.05) is 10.4 Å². The van der Waals surface area contributed by atoms with Crippen LogP contribution in [0.4, 0.5) is 0 Å². The zero-order valence-corrected chi connectivity index (χ0v) is 17.4. The molecule has 0 bridgehead atoms. The number of ether oxygens (including phenoxy) is 1. The van der Waals surface area contributed by atoms with Gasteiger partial charge in [-0.15, -0.1) is 11.3 Å². The highest BCUT2D eigenvalue weighted by Gasteiger charge is 2.20. The van der Waals surface area contributed by atoms with Crippen molar-refractivity contribution in [3.05, 3.63) is 87.1 Å². The van der Waals surface area contributed by atoms with Crippen LogP contribution in [-0.4, -0.2) is 18.4 Å². The van der Waals surface area contributed by atoms with E-state index >= 15 is 0 Å². The lowest BCUT2D eigenvalue weighted by Gasteiger charge is -2.22. The number of hydrogen-bond acceptors (Lipinski definition) is 4. The topological polar surface area (TPSA) is 81.4 Å². The zero-order chi connectivity index (χ0) is 20.9. The molecule has 4 rings (SSSR count). The molecule has 0 fully saturated rings. The third kappa shape index (κ3) is 4.71. The Labute approximate surface area is 179 Å². The van der Waals surface area contributed by atoms with Gasteiger partial charge in [0.2, 0.25) is 5.91 Å². The van der Waals surface area contributed by atoms with Crippen LogP contribution in [0.5, 0.6) is 5.75 Å². The van der Waals surface area contributed by atoms with Gasteiger partial charge in [0.15, 0.2) is 6.61 Å². The van der Waals surface area contributed by atoms with E-state index in [2.05, 4.69) is 23.5 Å². The van der Waals surface area contributed by atoms with Crippen LogP contribution >= 0.6 is 11.3 Å². The van der Waals surface area contributed by atoms with Crippen molar-refractivity contribution in [1.82, 2.24) is 5.32 Å². The molecule has 5 nitrogen and oxygen atoms in total. The van der Waals surface area contributed by atoms with E-state index in [9.17, 15) is 9.59 Å². The zero-order valence-electron chi connectivity index (χ0n) is 16.6. The highest BCUT2D eigenvalue weighted by atomic mass is 32.1. The van der Waals surface area contributed by atoms with E-state index in [4.69, 9.17) is 10.5 Å². The molecule has 1 aromatic heterocycles. The van der Waals surface area contributed by atoms with E-state index in [1.165, 1.54) is 30.0 Å². The van der Waals surface area contributed by atoms with Crippen LogP contribution < -0.4 is 15.8 Å². The molecule has 1 aliphatic carbocycles. The minimum atomic E-state index is -0.532. The molecule has 0 saturated carbocycles. The van der Waals surface area contributed by atoms with Crippen molar-refractivity contribution in [2.24, 2.45) is 5.73 Å². The molecule has 3 aromatic rings. The van der Waals surface area contributed by atoms with Crippen molar-refractivity contribution in [2.45, 2.75) is 31.7 Å². The van der Waals surface area contributed by atoms with E-state index in [-0.39, 0.29) is 18.6 Å². The summed E-state index contributed by atoms with van der Waals surface area (Å²) in [5.74, 6) is -0.325. The van der Waals surface area contributed by atoms with E-state index < -0.39 is 5.91 Å². The van der Waals surface area contributed by atoms with Crippen LogP contribution in [0.15, 0.2) is 60.0 Å². The molecule has 2 aromatic carbocycles. The van der Waals surface area contributed by atoms with Gasteiger partial charge in [0.25, 0.3) is 5.91 Å². The van der Waals surface area contributed by atoms with E-state index in [0.717, 1.165) is 23.3 Å². The average Bonchev–Trinajstić information content (AvgIpc) is 3.30. The Morgan fingerprint density at radius 2 is 1.87 bits per heavy atom. The molecule has 1 unspecified atom stereocenters. The van der Waals surface area contributed by atoms with Crippen molar-refractivity contribution < 1.29 is 14.3 Å². The molecule has 30 heavy (non-hydrogen) atoms. The normalized spacial score (nSPS) is 13.9. The number of fused-ring (bicyclic) bond motifs is 1. The number of amides is 2. The number of hydrogen-bond donors (Lipinski definition) is 2. The molecule has 1 heterocycles. The maximum atomic E-state index is 12.7. The van der Waals surface area contributed by atoms with E-state index in [1.54, 1.807) is 29.5 Å². The molecule has 2 amide bonds. The van der Waals surface area contributed by atoms with E-state index in [0.29, 0.717) is 11.3 Å². The summed E-state index contributed by atoms with van der Waals surface area (Å²) >= 11 is 1.62. The van der Waals surface area contributed by atoms with Crippen LogP contribution in [0.1, 0.15) is 50.8 Å². The van der Waals surface area contributed by atoms with Crippen LogP contribution in [0.3, 0.4) is 0 Å². The Bertz CT molecular complexity index is 1050. The predicted molar refractivity (Wildman–Crippen MR) is 118 cm³/mol. The lowest BCUT2D eigenvalue weighted by Crippen LogP contribution is -2.33. The number of rotatable bonds is 7. The van der Waals surface area contributed by atoms with Gasteiger partial charge in [-0.25, -0.2) is 0 Å². The van der Waals surface area contributed by atoms with Crippen molar-refractivity contribution in [3.8, 4) is 5.75 Å².